The van der Waals surface area contributed by atoms with Crippen molar-refractivity contribution < 1.29 is 9.53 Å². The van der Waals surface area contributed by atoms with E-state index in [4.69, 9.17) is 4.74 Å². The van der Waals surface area contributed by atoms with E-state index in [-0.39, 0.29) is 12.5 Å². The van der Waals surface area contributed by atoms with E-state index in [1.807, 2.05) is 55.5 Å². The first-order valence-corrected chi connectivity index (χ1v) is 7.96. The quantitative estimate of drug-likeness (QED) is 0.711. The third kappa shape index (κ3) is 5.07. The van der Waals surface area contributed by atoms with Crippen molar-refractivity contribution >= 4 is 23.1 Å². The van der Waals surface area contributed by atoms with E-state index in [2.05, 4.69) is 15.6 Å². The maximum absolute atomic E-state index is 11.9. The van der Waals surface area contributed by atoms with Crippen molar-refractivity contribution in [2.45, 2.75) is 6.92 Å². The normalized spacial score (nSPS) is 10.1. The van der Waals surface area contributed by atoms with Crippen molar-refractivity contribution in [2.24, 2.45) is 0 Å². The molecule has 0 atom stereocenters. The molecule has 0 unspecified atom stereocenters. The molecule has 3 rings (SSSR count). The first-order chi connectivity index (χ1) is 12.2. The summed E-state index contributed by atoms with van der Waals surface area (Å²) in [5.41, 5.74) is 2.77. The van der Waals surface area contributed by atoms with Crippen LogP contribution in [0.3, 0.4) is 0 Å². The Balaban J connectivity index is 1.52. The fourth-order valence-electron chi connectivity index (χ4n) is 2.28. The molecule has 0 aliphatic carbocycles. The van der Waals surface area contributed by atoms with Gasteiger partial charge in [-0.05, 0) is 48.9 Å². The Kier molecular flexibility index (Phi) is 5.26. The molecule has 0 spiro atoms. The summed E-state index contributed by atoms with van der Waals surface area (Å²) in [5, 5.41) is 5.98. The van der Waals surface area contributed by atoms with Crippen LogP contribution in [0.4, 0.5) is 17.2 Å². The third-order valence-electron chi connectivity index (χ3n) is 3.45. The number of nitrogens with one attached hydrogen (secondary N) is 2. The van der Waals surface area contributed by atoms with Gasteiger partial charge < -0.3 is 15.4 Å². The van der Waals surface area contributed by atoms with Crippen LogP contribution >= 0.6 is 0 Å². The van der Waals surface area contributed by atoms with Gasteiger partial charge in [-0.25, -0.2) is 4.98 Å². The number of carbonyl (C=O) groups is 1. The van der Waals surface area contributed by atoms with Crippen LogP contribution in [0.25, 0.3) is 0 Å². The predicted octanol–water partition coefficient (Wildman–Crippen LogP) is 4.15. The van der Waals surface area contributed by atoms with Gasteiger partial charge in [0.15, 0.2) is 6.61 Å². The average Bonchev–Trinajstić information content (AvgIpc) is 2.63. The molecule has 25 heavy (non-hydrogen) atoms. The molecule has 5 heteroatoms. The number of rotatable bonds is 6. The van der Waals surface area contributed by atoms with Gasteiger partial charge >= 0.3 is 0 Å². The smallest absolute Gasteiger partial charge is 0.262 e. The highest BCUT2D eigenvalue weighted by Crippen LogP contribution is 2.17. The Bertz CT molecular complexity index is 833. The SMILES string of the molecule is Cc1cccc(Nc2ccc(NC(=O)COc3ccccc3)cn2)c1. The Morgan fingerprint density at radius 1 is 1.00 bits per heavy atom. The number of anilines is 3. The zero-order chi connectivity index (χ0) is 17.5. The third-order valence-corrected chi connectivity index (χ3v) is 3.45. The maximum Gasteiger partial charge on any atom is 0.262 e. The zero-order valence-corrected chi connectivity index (χ0v) is 13.9. The lowest BCUT2D eigenvalue weighted by atomic mass is 10.2. The lowest BCUT2D eigenvalue weighted by Crippen LogP contribution is -2.20. The molecule has 0 aliphatic heterocycles. The molecule has 2 aromatic carbocycles. The van der Waals surface area contributed by atoms with Crippen molar-refractivity contribution in [3.05, 3.63) is 78.5 Å². The van der Waals surface area contributed by atoms with E-state index >= 15 is 0 Å². The van der Waals surface area contributed by atoms with Crippen LogP contribution in [-0.2, 0) is 4.79 Å². The van der Waals surface area contributed by atoms with E-state index in [1.54, 1.807) is 24.4 Å². The molecule has 0 bridgehead atoms. The standard InChI is InChI=1S/C20H19N3O2/c1-15-6-5-7-16(12-15)22-19-11-10-17(13-21-19)23-20(24)14-25-18-8-3-2-4-9-18/h2-13H,14H2,1H3,(H,21,22)(H,23,24). The summed E-state index contributed by atoms with van der Waals surface area (Å²) >= 11 is 0. The molecule has 3 aromatic rings. The predicted molar refractivity (Wildman–Crippen MR) is 99.3 cm³/mol. The van der Waals surface area contributed by atoms with Gasteiger partial charge in [-0.2, -0.15) is 0 Å². The largest absolute Gasteiger partial charge is 0.484 e. The highest BCUT2D eigenvalue weighted by atomic mass is 16.5. The number of nitrogens with zero attached hydrogens (tertiary/aromatic N) is 1. The molecule has 0 radical (unpaired) electrons. The number of aryl methyl sites for hydroxylation is 1. The van der Waals surface area contributed by atoms with Gasteiger partial charge in [0.1, 0.15) is 11.6 Å². The molecule has 1 aromatic heterocycles. The van der Waals surface area contributed by atoms with Crippen molar-refractivity contribution in [1.29, 1.82) is 0 Å². The van der Waals surface area contributed by atoms with Crippen LogP contribution in [-0.4, -0.2) is 17.5 Å². The first kappa shape index (κ1) is 16.5. The van der Waals surface area contributed by atoms with Crippen LogP contribution in [0.1, 0.15) is 5.56 Å². The van der Waals surface area contributed by atoms with E-state index in [9.17, 15) is 4.79 Å². The molecule has 126 valence electrons. The number of ether oxygens (including phenoxy) is 1. The number of hydrogen-bond donors (Lipinski definition) is 2. The van der Waals surface area contributed by atoms with E-state index in [0.717, 1.165) is 5.69 Å². The summed E-state index contributed by atoms with van der Waals surface area (Å²) in [4.78, 5) is 16.2. The molecule has 5 nitrogen and oxygen atoms in total. The number of aromatic nitrogens is 1. The second kappa shape index (κ2) is 7.97. The Labute approximate surface area is 146 Å². The highest BCUT2D eigenvalue weighted by Gasteiger charge is 2.04. The minimum Gasteiger partial charge on any atom is -0.484 e. The fourth-order valence-corrected chi connectivity index (χ4v) is 2.28. The van der Waals surface area contributed by atoms with E-state index in [0.29, 0.717) is 17.3 Å². The van der Waals surface area contributed by atoms with Crippen LogP contribution in [0.5, 0.6) is 5.75 Å². The van der Waals surface area contributed by atoms with Crippen molar-refractivity contribution in [3.8, 4) is 5.75 Å². The van der Waals surface area contributed by atoms with Crippen molar-refractivity contribution in [2.75, 3.05) is 17.2 Å². The molecular weight excluding hydrogens is 314 g/mol. The minimum absolute atomic E-state index is 0.0483. The average molecular weight is 333 g/mol. The van der Waals surface area contributed by atoms with Crippen molar-refractivity contribution in [1.82, 2.24) is 4.98 Å². The number of carbonyl (C=O) groups excluding carboxylic acids is 1. The molecule has 0 saturated carbocycles. The lowest BCUT2D eigenvalue weighted by Gasteiger charge is -2.09. The Morgan fingerprint density at radius 3 is 2.56 bits per heavy atom. The summed E-state index contributed by atoms with van der Waals surface area (Å²) in [6.45, 7) is 1.99. The molecule has 2 N–H and O–H groups in total. The number of pyridine rings is 1. The molecule has 1 heterocycles. The monoisotopic (exact) mass is 333 g/mol. The van der Waals surface area contributed by atoms with Crippen LogP contribution in [0, 0.1) is 6.92 Å². The van der Waals surface area contributed by atoms with Crippen LogP contribution in [0.2, 0.25) is 0 Å². The van der Waals surface area contributed by atoms with Crippen LogP contribution < -0.4 is 15.4 Å². The van der Waals surface area contributed by atoms with Gasteiger partial charge in [0.05, 0.1) is 11.9 Å². The van der Waals surface area contributed by atoms with Crippen LogP contribution in [0.15, 0.2) is 72.9 Å². The summed E-state index contributed by atoms with van der Waals surface area (Å²) in [6, 6.07) is 20.9. The highest BCUT2D eigenvalue weighted by molar-refractivity contribution is 5.91. The number of amides is 1. The summed E-state index contributed by atoms with van der Waals surface area (Å²) in [6.07, 6.45) is 1.61. The maximum atomic E-state index is 11.9. The zero-order valence-electron chi connectivity index (χ0n) is 13.9. The van der Waals surface area contributed by atoms with Gasteiger partial charge in [0.25, 0.3) is 5.91 Å². The number of hydrogen-bond acceptors (Lipinski definition) is 4. The minimum atomic E-state index is -0.231. The van der Waals surface area contributed by atoms with E-state index in [1.165, 1.54) is 5.56 Å². The lowest BCUT2D eigenvalue weighted by molar-refractivity contribution is -0.118. The second-order valence-corrected chi connectivity index (χ2v) is 5.58. The first-order valence-electron chi connectivity index (χ1n) is 7.96. The number of para-hydroxylation sites is 1. The molecule has 0 aliphatic rings. The summed E-state index contributed by atoms with van der Waals surface area (Å²) in [7, 11) is 0. The molecule has 0 fully saturated rings. The molecule has 0 saturated heterocycles. The molecule has 1 amide bonds. The van der Waals surface area contributed by atoms with Gasteiger partial charge in [0.2, 0.25) is 0 Å². The topological polar surface area (TPSA) is 63.2 Å². The fraction of sp³-hybridized carbons (Fsp3) is 0.100. The Morgan fingerprint density at radius 2 is 1.84 bits per heavy atom. The van der Waals surface area contributed by atoms with E-state index < -0.39 is 0 Å². The van der Waals surface area contributed by atoms with Gasteiger partial charge in [-0.1, -0.05) is 30.3 Å². The molecular formula is C20H19N3O2. The summed E-state index contributed by atoms with van der Waals surface area (Å²) < 4.78 is 5.41. The van der Waals surface area contributed by atoms with Crippen molar-refractivity contribution in [3.63, 3.8) is 0 Å². The number of benzene rings is 2. The van der Waals surface area contributed by atoms with Gasteiger partial charge in [-0.3, -0.25) is 4.79 Å². The summed E-state index contributed by atoms with van der Waals surface area (Å²) in [5.74, 6) is 1.14. The van der Waals surface area contributed by atoms with Gasteiger partial charge in [-0.15, -0.1) is 0 Å². The Hall–Kier alpha value is -3.34. The van der Waals surface area contributed by atoms with Gasteiger partial charge in [0, 0.05) is 5.69 Å². The second-order valence-electron chi connectivity index (χ2n) is 5.58.